The zero-order chi connectivity index (χ0) is 19.1. The van der Waals surface area contributed by atoms with E-state index in [0.717, 1.165) is 31.0 Å². The van der Waals surface area contributed by atoms with E-state index in [2.05, 4.69) is 15.6 Å². The second-order valence-corrected chi connectivity index (χ2v) is 7.93. The molecule has 2 aromatic heterocycles. The van der Waals surface area contributed by atoms with Gasteiger partial charge in [0.05, 0.1) is 5.03 Å². The van der Waals surface area contributed by atoms with E-state index < -0.39 is 0 Å². The van der Waals surface area contributed by atoms with Gasteiger partial charge in [0.25, 0.3) is 11.5 Å². The predicted molar refractivity (Wildman–Crippen MR) is 108 cm³/mol. The summed E-state index contributed by atoms with van der Waals surface area (Å²) >= 11 is 1.58. The van der Waals surface area contributed by atoms with Crippen LogP contribution in [0.25, 0.3) is 0 Å². The number of rotatable bonds is 7. The molecular weight excluding hydrogens is 360 g/mol. The van der Waals surface area contributed by atoms with Gasteiger partial charge in [0.15, 0.2) is 0 Å². The van der Waals surface area contributed by atoms with Gasteiger partial charge < -0.3 is 15.2 Å². The molecule has 0 spiro atoms. The molecule has 1 saturated heterocycles. The number of carbonyl (C=O) groups is 1. The van der Waals surface area contributed by atoms with Crippen LogP contribution in [-0.2, 0) is 6.54 Å². The van der Waals surface area contributed by atoms with Gasteiger partial charge in [0, 0.05) is 31.2 Å². The Kier molecular flexibility index (Phi) is 7.06. The number of piperidine rings is 1. The topological polar surface area (TPSA) is 76.0 Å². The van der Waals surface area contributed by atoms with Crippen LogP contribution in [0.5, 0.6) is 0 Å². The van der Waals surface area contributed by atoms with Crippen molar-refractivity contribution in [1.82, 2.24) is 20.2 Å². The normalized spacial score (nSPS) is 16.9. The fourth-order valence-electron chi connectivity index (χ4n) is 3.28. The molecule has 144 valence electrons. The summed E-state index contributed by atoms with van der Waals surface area (Å²) in [4.78, 5) is 29.6. The number of pyridine rings is 2. The van der Waals surface area contributed by atoms with Crippen molar-refractivity contribution in [2.45, 2.75) is 31.3 Å². The Morgan fingerprint density at radius 3 is 3.04 bits per heavy atom. The molecule has 0 aliphatic carbocycles. The van der Waals surface area contributed by atoms with Gasteiger partial charge in [-0.25, -0.2) is 4.98 Å². The lowest BCUT2D eigenvalue weighted by Crippen LogP contribution is -2.38. The van der Waals surface area contributed by atoms with Crippen LogP contribution in [0, 0.1) is 12.8 Å². The van der Waals surface area contributed by atoms with E-state index in [0.29, 0.717) is 30.3 Å². The summed E-state index contributed by atoms with van der Waals surface area (Å²) in [6.45, 7) is 4.92. The second-order valence-electron chi connectivity index (χ2n) is 6.82. The fraction of sp³-hybridized carbons (Fsp3) is 0.450. The molecule has 0 radical (unpaired) electrons. The first-order valence-electron chi connectivity index (χ1n) is 9.38. The van der Waals surface area contributed by atoms with Crippen molar-refractivity contribution in [3.63, 3.8) is 0 Å². The Hall–Kier alpha value is -2.12. The number of hydrogen-bond donors (Lipinski definition) is 2. The van der Waals surface area contributed by atoms with Crippen molar-refractivity contribution in [2.24, 2.45) is 5.92 Å². The van der Waals surface area contributed by atoms with Crippen molar-refractivity contribution in [3.8, 4) is 0 Å². The van der Waals surface area contributed by atoms with Crippen LogP contribution < -0.4 is 16.2 Å². The maximum atomic E-state index is 12.8. The summed E-state index contributed by atoms with van der Waals surface area (Å²) in [5, 5.41) is 7.16. The lowest BCUT2D eigenvalue weighted by molar-refractivity contribution is 0.0953. The zero-order valence-corrected chi connectivity index (χ0v) is 16.4. The highest BCUT2D eigenvalue weighted by Gasteiger charge is 2.18. The number of thioether (sulfide) groups is 1. The molecule has 1 aliphatic rings. The first-order valence-corrected chi connectivity index (χ1v) is 10.4. The highest BCUT2D eigenvalue weighted by Crippen LogP contribution is 2.14. The predicted octanol–water partition coefficient (Wildman–Crippen LogP) is 2.07. The molecule has 1 unspecified atom stereocenters. The standard InChI is InChI=1S/C20H26N4O2S/c1-15-7-11-24(14-16-5-4-8-21-13-16)20(26)18(15)19(25)23-10-12-27-17-6-2-3-9-22-17/h2-3,6-7,9,11,16,21H,4-5,8,10,12-14H2,1H3,(H,23,25). The summed E-state index contributed by atoms with van der Waals surface area (Å²) in [6.07, 6.45) is 5.80. The summed E-state index contributed by atoms with van der Waals surface area (Å²) in [5.41, 5.74) is 0.771. The first-order chi connectivity index (χ1) is 13.1. The van der Waals surface area contributed by atoms with Crippen LogP contribution in [0.1, 0.15) is 28.8 Å². The molecular formula is C20H26N4O2S. The van der Waals surface area contributed by atoms with Gasteiger partial charge in [-0.3, -0.25) is 9.59 Å². The summed E-state index contributed by atoms with van der Waals surface area (Å²) in [5.74, 6) is 0.844. The molecule has 2 aromatic rings. The maximum Gasteiger partial charge on any atom is 0.263 e. The Bertz CT molecular complexity index is 816. The molecule has 0 bridgehead atoms. The molecule has 6 nitrogen and oxygen atoms in total. The minimum absolute atomic E-state index is 0.199. The van der Waals surface area contributed by atoms with Gasteiger partial charge in [-0.05, 0) is 62.5 Å². The lowest BCUT2D eigenvalue weighted by Gasteiger charge is -2.23. The van der Waals surface area contributed by atoms with Crippen molar-refractivity contribution >= 4 is 17.7 Å². The smallest absolute Gasteiger partial charge is 0.263 e. The summed E-state index contributed by atoms with van der Waals surface area (Å²) in [7, 11) is 0. The van der Waals surface area contributed by atoms with Crippen LogP contribution in [0.15, 0.2) is 46.5 Å². The molecule has 2 N–H and O–H groups in total. The highest BCUT2D eigenvalue weighted by atomic mass is 32.2. The Morgan fingerprint density at radius 1 is 1.41 bits per heavy atom. The lowest BCUT2D eigenvalue weighted by atomic mass is 9.99. The molecule has 1 aliphatic heterocycles. The summed E-state index contributed by atoms with van der Waals surface area (Å²) < 4.78 is 1.68. The molecule has 1 atom stereocenters. The molecule has 1 fully saturated rings. The van der Waals surface area contributed by atoms with E-state index >= 15 is 0 Å². The van der Waals surface area contributed by atoms with Gasteiger partial charge in [0.1, 0.15) is 5.56 Å². The largest absolute Gasteiger partial charge is 0.351 e. The van der Waals surface area contributed by atoms with Crippen LogP contribution in [0.4, 0.5) is 0 Å². The third kappa shape index (κ3) is 5.43. The van der Waals surface area contributed by atoms with E-state index in [9.17, 15) is 9.59 Å². The van der Waals surface area contributed by atoms with Gasteiger partial charge in [-0.2, -0.15) is 0 Å². The molecule has 3 rings (SSSR count). The minimum atomic E-state index is -0.296. The average molecular weight is 387 g/mol. The quantitative estimate of drug-likeness (QED) is 0.563. The van der Waals surface area contributed by atoms with Gasteiger partial charge in [-0.1, -0.05) is 6.07 Å². The average Bonchev–Trinajstić information content (AvgIpc) is 2.69. The molecule has 1 amide bonds. The number of aryl methyl sites for hydroxylation is 1. The van der Waals surface area contributed by atoms with Crippen LogP contribution in [0.2, 0.25) is 0 Å². The second kappa shape index (κ2) is 9.71. The van der Waals surface area contributed by atoms with E-state index in [4.69, 9.17) is 0 Å². The summed E-state index contributed by atoms with van der Waals surface area (Å²) in [6, 6.07) is 7.60. The number of hydrogen-bond acceptors (Lipinski definition) is 5. The maximum absolute atomic E-state index is 12.8. The third-order valence-electron chi connectivity index (χ3n) is 4.73. The van der Waals surface area contributed by atoms with E-state index in [-0.39, 0.29) is 17.0 Å². The SMILES string of the molecule is Cc1ccn(CC2CCCNC2)c(=O)c1C(=O)NCCSc1ccccn1. The molecule has 0 saturated carbocycles. The van der Waals surface area contributed by atoms with Gasteiger partial charge in [-0.15, -0.1) is 11.8 Å². The monoisotopic (exact) mass is 386 g/mol. The van der Waals surface area contributed by atoms with Gasteiger partial charge in [0.2, 0.25) is 0 Å². The van der Waals surface area contributed by atoms with Gasteiger partial charge >= 0.3 is 0 Å². The van der Waals surface area contributed by atoms with E-state index in [1.807, 2.05) is 31.2 Å². The molecule has 3 heterocycles. The first kappa shape index (κ1) is 19.6. The Morgan fingerprint density at radius 2 is 2.30 bits per heavy atom. The van der Waals surface area contributed by atoms with Crippen molar-refractivity contribution in [2.75, 3.05) is 25.4 Å². The number of carbonyl (C=O) groups excluding carboxylic acids is 1. The van der Waals surface area contributed by atoms with Crippen LogP contribution in [0.3, 0.4) is 0 Å². The molecule has 7 heteroatoms. The fourth-order valence-corrected chi connectivity index (χ4v) is 4.01. The zero-order valence-electron chi connectivity index (χ0n) is 15.6. The number of nitrogens with zero attached hydrogens (tertiary/aromatic N) is 2. The van der Waals surface area contributed by atoms with E-state index in [1.165, 1.54) is 0 Å². The Balaban J connectivity index is 1.59. The van der Waals surface area contributed by atoms with Crippen molar-refractivity contribution in [1.29, 1.82) is 0 Å². The minimum Gasteiger partial charge on any atom is -0.351 e. The number of aromatic nitrogens is 2. The number of amides is 1. The highest BCUT2D eigenvalue weighted by molar-refractivity contribution is 7.99. The van der Waals surface area contributed by atoms with Crippen molar-refractivity contribution < 1.29 is 4.79 Å². The molecule has 27 heavy (non-hydrogen) atoms. The Labute approximate surface area is 163 Å². The molecule has 0 aromatic carbocycles. The van der Waals surface area contributed by atoms with Crippen molar-refractivity contribution in [3.05, 3.63) is 58.1 Å². The van der Waals surface area contributed by atoms with E-state index in [1.54, 1.807) is 28.7 Å². The van der Waals surface area contributed by atoms with Crippen LogP contribution in [-0.4, -0.2) is 40.8 Å². The number of nitrogens with one attached hydrogen (secondary N) is 2. The third-order valence-corrected chi connectivity index (χ3v) is 5.68. The van der Waals surface area contributed by atoms with Crippen LogP contribution >= 0.6 is 11.8 Å².